The normalized spacial score (nSPS) is 16.6. The van der Waals surface area contributed by atoms with Crippen LogP contribution in [0.1, 0.15) is 24.1 Å². The number of nitrogens with zero attached hydrogens (tertiary/aromatic N) is 1. The first-order valence-corrected chi connectivity index (χ1v) is 6.98. The van der Waals surface area contributed by atoms with Crippen molar-refractivity contribution in [2.24, 2.45) is 0 Å². The number of hydrogen-bond acceptors (Lipinski definition) is 3. The smallest absolute Gasteiger partial charge is 0.128 e. The molecule has 3 nitrogen and oxygen atoms in total. The van der Waals surface area contributed by atoms with Gasteiger partial charge >= 0.3 is 0 Å². The fourth-order valence-electron chi connectivity index (χ4n) is 2.76. The van der Waals surface area contributed by atoms with Crippen molar-refractivity contribution in [3.63, 3.8) is 0 Å². The number of rotatable bonds is 3. The highest BCUT2D eigenvalue weighted by molar-refractivity contribution is 5.54. The van der Waals surface area contributed by atoms with Crippen LogP contribution in [-0.4, -0.2) is 18.3 Å². The van der Waals surface area contributed by atoms with Crippen molar-refractivity contribution in [2.75, 3.05) is 18.1 Å². The molecule has 1 heterocycles. The van der Waals surface area contributed by atoms with E-state index in [2.05, 4.69) is 43.0 Å². The summed E-state index contributed by atoms with van der Waals surface area (Å²) >= 11 is 0. The van der Waals surface area contributed by atoms with Crippen molar-refractivity contribution in [3.05, 3.63) is 53.6 Å². The van der Waals surface area contributed by atoms with Crippen molar-refractivity contribution in [2.45, 2.75) is 19.9 Å². The third kappa shape index (κ3) is 2.20. The van der Waals surface area contributed by atoms with Crippen LogP contribution in [0.25, 0.3) is 0 Å². The molecular weight excluding hydrogens is 250 g/mol. The van der Waals surface area contributed by atoms with Crippen molar-refractivity contribution in [3.8, 4) is 11.5 Å². The molecule has 0 spiro atoms. The van der Waals surface area contributed by atoms with Crippen LogP contribution in [0.15, 0.2) is 42.5 Å². The van der Waals surface area contributed by atoms with Gasteiger partial charge in [-0.25, -0.2) is 0 Å². The number of ether oxygens (including phenoxy) is 1. The van der Waals surface area contributed by atoms with Gasteiger partial charge in [0.15, 0.2) is 0 Å². The van der Waals surface area contributed by atoms with E-state index in [4.69, 9.17) is 4.74 Å². The second kappa shape index (κ2) is 5.08. The van der Waals surface area contributed by atoms with E-state index in [0.29, 0.717) is 6.61 Å². The van der Waals surface area contributed by atoms with Crippen LogP contribution in [0.3, 0.4) is 0 Å². The van der Waals surface area contributed by atoms with Gasteiger partial charge in [-0.2, -0.15) is 0 Å². The summed E-state index contributed by atoms with van der Waals surface area (Å²) in [6.45, 7) is 5.78. The lowest BCUT2D eigenvalue weighted by atomic mass is 10.1. The molecule has 3 heteroatoms. The number of aromatic hydroxyl groups is 1. The summed E-state index contributed by atoms with van der Waals surface area (Å²) < 4.78 is 5.72. The lowest BCUT2D eigenvalue weighted by molar-refractivity contribution is 0.326. The molecule has 0 radical (unpaired) electrons. The van der Waals surface area contributed by atoms with Crippen LogP contribution in [0, 0.1) is 6.92 Å². The van der Waals surface area contributed by atoms with E-state index >= 15 is 0 Å². The standard InChI is InChI=1S/C17H19NO2/c1-3-18(13-6-4-12(2)5-7-13)16-11-20-17-10-14(19)8-9-15(16)17/h4-10,16,19H,3,11H2,1-2H3. The van der Waals surface area contributed by atoms with E-state index in [1.807, 2.05) is 6.07 Å². The third-order valence-electron chi connectivity index (χ3n) is 3.84. The van der Waals surface area contributed by atoms with Crippen LogP contribution in [-0.2, 0) is 0 Å². The molecule has 0 amide bonds. The van der Waals surface area contributed by atoms with Gasteiger partial charge in [0.2, 0.25) is 0 Å². The van der Waals surface area contributed by atoms with E-state index in [0.717, 1.165) is 17.9 Å². The Morgan fingerprint density at radius 2 is 1.95 bits per heavy atom. The average Bonchev–Trinajstić information content (AvgIpc) is 2.85. The Kier molecular flexibility index (Phi) is 3.26. The molecule has 104 valence electrons. The molecule has 0 fully saturated rings. The quantitative estimate of drug-likeness (QED) is 0.923. The molecule has 0 saturated heterocycles. The van der Waals surface area contributed by atoms with Crippen molar-refractivity contribution < 1.29 is 9.84 Å². The topological polar surface area (TPSA) is 32.7 Å². The molecule has 1 aliphatic heterocycles. The van der Waals surface area contributed by atoms with Gasteiger partial charge in [0, 0.05) is 23.9 Å². The van der Waals surface area contributed by atoms with Crippen molar-refractivity contribution in [1.29, 1.82) is 0 Å². The zero-order valence-corrected chi connectivity index (χ0v) is 11.8. The minimum absolute atomic E-state index is 0.207. The highest BCUT2D eigenvalue weighted by Crippen LogP contribution is 2.39. The zero-order valence-electron chi connectivity index (χ0n) is 11.8. The molecular formula is C17H19NO2. The maximum atomic E-state index is 9.53. The number of hydrogen-bond donors (Lipinski definition) is 1. The Labute approximate surface area is 119 Å². The lowest BCUT2D eigenvalue weighted by Gasteiger charge is -2.29. The van der Waals surface area contributed by atoms with E-state index in [-0.39, 0.29) is 11.8 Å². The Bertz CT molecular complexity index is 607. The average molecular weight is 269 g/mol. The minimum atomic E-state index is 0.207. The largest absolute Gasteiger partial charge is 0.508 e. The summed E-state index contributed by atoms with van der Waals surface area (Å²) in [6, 6.07) is 14.1. The highest BCUT2D eigenvalue weighted by Gasteiger charge is 2.29. The number of anilines is 1. The predicted octanol–water partition coefficient (Wildman–Crippen LogP) is 3.66. The van der Waals surface area contributed by atoms with Crippen molar-refractivity contribution >= 4 is 5.69 Å². The van der Waals surface area contributed by atoms with Gasteiger partial charge in [-0.05, 0) is 38.1 Å². The molecule has 3 rings (SSSR count). The molecule has 20 heavy (non-hydrogen) atoms. The number of phenolic OH excluding ortho intramolecular Hbond substituents is 1. The second-order valence-corrected chi connectivity index (χ2v) is 5.17. The SMILES string of the molecule is CCN(c1ccc(C)cc1)C1COc2cc(O)ccc21. The van der Waals surface area contributed by atoms with Gasteiger partial charge < -0.3 is 14.7 Å². The van der Waals surface area contributed by atoms with Crippen LogP contribution < -0.4 is 9.64 Å². The fraction of sp³-hybridized carbons (Fsp3) is 0.294. The number of aryl methyl sites for hydroxylation is 1. The zero-order chi connectivity index (χ0) is 14.1. The Morgan fingerprint density at radius 1 is 1.20 bits per heavy atom. The van der Waals surface area contributed by atoms with Gasteiger partial charge in [0.05, 0.1) is 6.04 Å². The van der Waals surface area contributed by atoms with Crippen LogP contribution in [0.2, 0.25) is 0 Å². The van der Waals surface area contributed by atoms with Crippen LogP contribution in [0.5, 0.6) is 11.5 Å². The van der Waals surface area contributed by atoms with E-state index in [1.54, 1.807) is 12.1 Å². The summed E-state index contributed by atoms with van der Waals surface area (Å²) in [4.78, 5) is 2.34. The molecule has 0 aliphatic carbocycles. The maximum absolute atomic E-state index is 9.53. The van der Waals surface area contributed by atoms with E-state index in [9.17, 15) is 5.11 Å². The van der Waals surface area contributed by atoms with Gasteiger partial charge in [-0.3, -0.25) is 0 Å². The molecule has 0 saturated carbocycles. The third-order valence-corrected chi connectivity index (χ3v) is 3.84. The van der Waals surface area contributed by atoms with Crippen molar-refractivity contribution in [1.82, 2.24) is 0 Å². The molecule has 1 aliphatic rings. The van der Waals surface area contributed by atoms with Gasteiger partial charge in [0.25, 0.3) is 0 Å². The summed E-state index contributed by atoms with van der Waals surface area (Å²) in [5, 5.41) is 9.53. The van der Waals surface area contributed by atoms with Crippen LogP contribution >= 0.6 is 0 Å². The minimum Gasteiger partial charge on any atom is -0.508 e. The Balaban J connectivity index is 1.94. The van der Waals surface area contributed by atoms with Gasteiger partial charge in [-0.15, -0.1) is 0 Å². The molecule has 1 atom stereocenters. The fourth-order valence-corrected chi connectivity index (χ4v) is 2.76. The highest BCUT2D eigenvalue weighted by atomic mass is 16.5. The number of benzene rings is 2. The summed E-state index contributed by atoms with van der Waals surface area (Å²) in [5.41, 5.74) is 3.61. The number of likely N-dealkylation sites (N-methyl/N-ethyl adjacent to an activating group) is 1. The monoisotopic (exact) mass is 269 g/mol. The maximum Gasteiger partial charge on any atom is 0.128 e. The first-order valence-electron chi connectivity index (χ1n) is 6.98. The number of fused-ring (bicyclic) bond motifs is 1. The molecule has 2 aromatic carbocycles. The van der Waals surface area contributed by atoms with Crippen LogP contribution in [0.4, 0.5) is 5.69 Å². The summed E-state index contributed by atoms with van der Waals surface area (Å²) in [6.07, 6.45) is 0. The Hall–Kier alpha value is -2.16. The molecule has 0 aromatic heterocycles. The first kappa shape index (κ1) is 12.9. The van der Waals surface area contributed by atoms with Gasteiger partial charge in [0.1, 0.15) is 18.1 Å². The summed E-state index contributed by atoms with van der Waals surface area (Å²) in [7, 11) is 0. The molecule has 1 unspecified atom stereocenters. The van der Waals surface area contributed by atoms with E-state index in [1.165, 1.54) is 11.3 Å². The first-order chi connectivity index (χ1) is 9.69. The van der Waals surface area contributed by atoms with Gasteiger partial charge in [-0.1, -0.05) is 17.7 Å². The molecule has 2 aromatic rings. The number of phenols is 1. The second-order valence-electron chi connectivity index (χ2n) is 5.17. The molecule has 1 N–H and O–H groups in total. The Morgan fingerprint density at radius 3 is 2.65 bits per heavy atom. The van der Waals surface area contributed by atoms with E-state index < -0.39 is 0 Å². The predicted molar refractivity (Wildman–Crippen MR) is 80.5 cm³/mol. The summed E-state index contributed by atoms with van der Waals surface area (Å²) in [5.74, 6) is 1.04. The lowest BCUT2D eigenvalue weighted by Crippen LogP contribution is -2.29. The molecule has 0 bridgehead atoms.